The average molecular weight is 426 g/mol. The lowest BCUT2D eigenvalue weighted by molar-refractivity contribution is -0.140. The molecule has 0 saturated heterocycles. The van der Waals surface area contributed by atoms with Crippen molar-refractivity contribution in [3.63, 3.8) is 0 Å². The number of hydrogen-bond donors (Lipinski definition) is 0. The summed E-state index contributed by atoms with van der Waals surface area (Å²) in [5.74, 6) is -2.06. The molecule has 0 unspecified atom stereocenters. The smallest absolute Gasteiger partial charge is 0.419 e. The summed E-state index contributed by atoms with van der Waals surface area (Å²) in [5.41, 5.74) is -1.87. The van der Waals surface area contributed by atoms with Gasteiger partial charge in [0, 0.05) is 23.7 Å². The Morgan fingerprint density at radius 2 is 1.90 bits per heavy atom. The van der Waals surface area contributed by atoms with Gasteiger partial charge in [0.05, 0.1) is 17.4 Å². The number of carbonyl (C=O) groups is 1. The Morgan fingerprint density at radius 1 is 1.17 bits per heavy atom. The van der Waals surface area contributed by atoms with Gasteiger partial charge in [-0.25, -0.2) is 4.39 Å². The molecule has 1 amide bonds. The molecule has 1 aromatic carbocycles. The third-order valence-electron chi connectivity index (χ3n) is 4.08. The lowest BCUT2D eigenvalue weighted by Crippen LogP contribution is -2.18. The molecule has 0 saturated carbocycles. The topological polar surface area (TPSA) is 47.5 Å². The largest absolute Gasteiger partial charge is 0.469 e. The SMILES string of the molecule is CC(C)(C)n1cc(Cc2ccco2)c(=NC(=O)c2cccc(C(F)(F)F)c2F)s1. The minimum Gasteiger partial charge on any atom is -0.469 e. The number of nitrogens with zero attached hydrogens (tertiary/aromatic N) is 2. The number of rotatable bonds is 3. The van der Waals surface area contributed by atoms with Crippen LogP contribution in [0.25, 0.3) is 0 Å². The maximum Gasteiger partial charge on any atom is 0.419 e. The van der Waals surface area contributed by atoms with Gasteiger partial charge < -0.3 is 4.42 Å². The Morgan fingerprint density at radius 3 is 2.48 bits per heavy atom. The van der Waals surface area contributed by atoms with Gasteiger partial charge in [-0.05, 0) is 56.6 Å². The molecule has 2 aromatic heterocycles. The molecule has 0 aliphatic rings. The molecule has 9 heteroatoms. The van der Waals surface area contributed by atoms with Crippen LogP contribution in [0.2, 0.25) is 0 Å². The summed E-state index contributed by atoms with van der Waals surface area (Å²) in [4.78, 5) is 16.5. The number of carbonyl (C=O) groups excluding carboxylic acids is 1. The van der Waals surface area contributed by atoms with Crippen LogP contribution in [0.15, 0.2) is 52.2 Å². The van der Waals surface area contributed by atoms with Gasteiger partial charge in [-0.3, -0.25) is 8.75 Å². The van der Waals surface area contributed by atoms with Gasteiger partial charge in [0.2, 0.25) is 0 Å². The van der Waals surface area contributed by atoms with Crippen molar-refractivity contribution in [2.45, 2.75) is 38.9 Å². The van der Waals surface area contributed by atoms with Gasteiger partial charge in [0.15, 0.2) is 0 Å². The van der Waals surface area contributed by atoms with E-state index in [1.54, 1.807) is 12.1 Å². The van der Waals surface area contributed by atoms with E-state index in [1.165, 1.54) is 17.8 Å². The summed E-state index contributed by atoms with van der Waals surface area (Å²) in [6, 6.07) is 6.06. The zero-order valence-corrected chi connectivity index (χ0v) is 16.7. The molecule has 0 N–H and O–H groups in total. The van der Waals surface area contributed by atoms with E-state index in [0.717, 1.165) is 12.1 Å². The molecule has 4 nitrogen and oxygen atoms in total. The fraction of sp³-hybridized carbons (Fsp3) is 0.300. The molecule has 0 fully saturated rings. The molecule has 3 aromatic rings. The molecule has 0 spiro atoms. The highest BCUT2D eigenvalue weighted by molar-refractivity contribution is 7.04. The van der Waals surface area contributed by atoms with E-state index in [4.69, 9.17) is 4.42 Å². The van der Waals surface area contributed by atoms with Crippen molar-refractivity contribution in [2.24, 2.45) is 4.99 Å². The maximum absolute atomic E-state index is 14.3. The predicted octanol–water partition coefficient (Wildman–Crippen LogP) is 5.39. The molecular formula is C20H18F4N2O2S. The maximum atomic E-state index is 14.3. The van der Waals surface area contributed by atoms with E-state index in [-0.39, 0.29) is 10.2 Å². The first-order chi connectivity index (χ1) is 13.5. The van der Waals surface area contributed by atoms with Crippen LogP contribution in [0.4, 0.5) is 17.6 Å². The monoisotopic (exact) mass is 426 g/mol. The van der Waals surface area contributed by atoms with Crippen LogP contribution in [0.1, 0.15) is 48.0 Å². The summed E-state index contributed by atoms with van der Waals surface area (Å²) in [5, 5.41) is 0. The summed E-state index contributed by atoms with van der Waals surface area (Å²) in [7, 11) is 0. The number of hydrogen-bond acceptors (Lipinski definition) is 3. The summed E-state index contributed by atoms with van der Waals surface area (Å²) in [6.45, 7) is 5.87. The van der Waals surface area contributed by atoms with E-state index in [0.29, 0.717) is 23.8 Å². The first-order valence-corrected chi connectivity index (χ1v) is 9.43. The molecule has 29 heavy (non-hydrogen) atoms. The van der Waals surface area contributed by atoms with Crippen LogP contribution in [0, 0.1) is 5.82 Å². The lowest BCUT2D eigenvalue weighted by atomic mass is 10.1. The Bertz CT molecular complexity index is 1090. The number of amides is 1. The number of halogens is 4. The summed E-state index contributed by atoms with van der Waals surface area (Å²) >= 11 is 1.17. The van der Waals surface area contributed by atoms with Crippen LogP contribution >= 0.6 is 11.5 Å². The van der Waals surface area contributed by atoms with Crippen molar-refractivity contribution in [2.75, 3.05) is 0 Å². The second-order valence-corrected chi connectivity index (χ2v) is 8.35. The first kappa shape index (κ1) is 21.0. The number of alkyl halides is 3. The van der Waals surface area contributed by atoms with Gasteiger partial charge in [0.1, 0.15) is 16.2 Å². The molecule has 0 radical (unpaired) electrons. The minimum atomic E-state index is -4.90. The van der Waals surface area contributed by atoms with Gasteiger partial charge >= 0.3 is 6.18 Å². The van der Waals surface area contributed by atoms with E-state index in [9.17, 15) is 22.4 Å². The predicted molar refractivity (Wildman–Crippen MR) is 100 cm³/mol. The Hall–Kier alpha value is -2.68. The molecule has 154 valence electrons. The second kappa shape index (κ2) is 7.62. The highest BCUT2D eigenvalue weighted by Crippen LogP contribution is 2.32. The summed E-state index contributed by atoms with van der Waals surface area (Å²) < 4.78 is 60.6. The van der Waals surface area contributed by atoms with Gasteiger partial charge in [-0.1, -0.05) is 6.07 Å². The fourth-order valence-electron chi connectivity index (χ4n) is 2.59. The first-order valence-electron chi connectivity index (χ1n) is 8.66. The Labute approximate surface area is 168 Å². The van der Waals surface area contributed by atoms with Crippen LogP contribution in [0.5, 0.6) is 0 Å². The highest BCUT2D eigenvalue weighted by Gasteiger charge is 2.35. The Balaban J connectivity index is 2.08. The van der Waals surface area contributed by atoms with Crippen molar-refractivity contribution in [1.82, 2.24) is 3.96 Å². The zero-order chi connectivity index (χ0) is 21.4. The molecule has 0 bridgehead atoms. The number of aromatic nitrogens is 1. The third kappa shape index (κ3) is 4.67. The average Bonchev–Trinajstić information content (AvgIpc) is 3.24. The standard InChI is InChI=1S/C20H18F4N2O2S/c1-19(2,3)26-11-12(10-13-6-5-9-28-13)18(29-26)25-17(27)14-7-4-8-15(16(14)21)20(22,23)24/h4-9,11H,10H2,1-3H3. The van der Waals surface area contributed by atoms with E-state index in [1.807, 2.05) is 30.9 Å². The number of benzene rings is 1. The van der Waals surface area contributed by atoms with Crippen molar-refractivity contribution in [1.29, 1.82) is 0 Å². The molecule has 0 aliphatic carbocycles. The lowest BCUT2D eigenvalue weighted by Gasteiger charge is -2.19. The quantitative estimate of drug-likeness (QED) is 0.528. The normalized spacial score (nSPS) is 13.1. The van der Waals surface area contributed by atoms with E-state index >= 15 is 0 Å². The molecule has 0 atom stereocenters. The third-order valence-corrected chi connectivity index (χ3v) is 5.45. The van der Waals surface area contributed by atoms with Crippen molar-refractivity contribution in [3.8, 4) is 0 Å². The van der Waals surface area contributed by atoms with Crippen LogP contribution in [0.3, 0.4) is 0 Å². The second-order valence-electron chi connectivity index (χ2n) is 7.39. The minimum absolute atomic E-state index is 0.290. The van der Waals surface area contributed by atoms with Crippen LogP contribution in [-0.4, -0.2) is 9.86 Å². The highest BCUT2D eigenvalue weighted by atomic mass is 32.1. The number of furan rings is 1. The van der Waals surface area contributed by atoms with Gasteiger partial charge in [-0.15, -0.1) is 0 Å². The molecular weight excluding hydrogens is 408 g/mol. The van der Waals surface area contributed by atoms with Crippen molar-refractivity contribution >= 4 is 17.4 Å². The Kier molecular flexibility index (Phi) is 5.53. The zero-order valence-electron chi connectivity index (χ0n) is 15.9. The molecule has 2 heterocycles. The van der Waals surface area contributed by atoms with Crippen LogP contribution < -0.4 is 4.67 Å². The van der Waals surface area contributed by atoms with E-state index < -0.39 is 29.0 Å². The van der Waals surface area contributed by atoms with Crippen molar-refractivity contribution < 1.29 is 26.8 Å². The van der Waals surface area contributed by atoms with Gasteiger partial charge in [-0.2, -0.15) is 18.2 Å². The van der Waals surface area contributed by atoms with Gasteiger partial charge in [0.25, 0.3) is 5.91 Å². The van der Waals surface area contributed by atoms with Crippen LogP contribution in [-0.2, 0) is 18.1 Å². The molecule has 0 aliphatic heterocycles. The van der Waals surface area contributed by atoms with E-state index in [2.05, 4.69) is 4.99 Å². The summed E-state index contributed by atoms with van der Waals surface area (Å²) in [6.07, 6.45) is -1.24. The fourth-order valence-corrected chi connectivity index (χ4v) is 3.59. The van der Waals surface area contributed by atoms with Crippen molar-refractivity contribution in [3.05, 3.63) is 75.7 Å². The molecule has 3 rings (SSSR count).